The topological polar surface area (TPSA) is 78.9 Å². The van der Waals surface area contributed by atoms with Gasteiger partial charge >= 0.3 is 17.9 Å². The fraction of sp³-hybridized carbons (Fsp3) is 0.939. The van der Waals surface area contributed by atoms with Crippen molar-refractivity contribution in [2.75, 3.05) is 13.2 Å². The molecule has 0 saturated carbocycles. The van der Waals surface area contributed by atoms with E-state index in [2.05, 4.69) is 20.8 Å². The molecule has 0 unspecified atom stereocenters. The molecule has 0 aromatic heterocycles. The minimum absolute atomic E-state index is 0.0625. The van der Waals surface area contributed by atoms with E-state index in [1.165, 1.54) is 180 Å². The molecule has 326 valence electrons. The van der Waals surface area contributed by atoms with Gasteiger partial charge in [-0.05, 0) is 19.3 Å². The lowest BCUT2D eigenvalue weighted by atomic mass is 10.0. The maximum atomic E-state index is 12.7. The number of rotatable bonds is 45. The Morgan fingerprint density at radius 2 is 0.491 bits per heavy atom. The van der Waals surface area contributed by atoms with Crippen LogP contribution in [0.3, 0.4) is 0 Å². The summed E-state index contributed by atoms with van der Waals surface area (Å²) in [5.74, 6) is -0.849. The Hall–Kier alpha value is -1.59. The summed E-state index contributed by atoms with van der Waals surface area (Å²) in [4.78, 5) is 37.7. The van der Waals surface area contributed by atoms with Crippen molar-refractivity contribution in [3.8, 4) is 0 Å². The molecule has 0 aromatic rings. The molecule has 0 fully saturated rings. The molecular formula is C49H94O6. The number of ether oxygens (including phenoxy) is 3. The molecule has 0 aliphatic heterocycles. The molecule has 0 heterocycles. The highest BCUT2D eigenvalue weighted by Crippen LogP contribution is 2.16. The Balaban J connectivity index is 4.25. The third-order valence-electron chi connectivity index (χ3n) is 11.1. The maximum absolute atomic E-state index is 12.7. The van der Waals surface area contributed by atoms with Crippen LogP contribution in [-0.4, -0.2) is 37.2 Å². The minimum atomic E-state index is -0.758. The van der Waals surface area contributed by atoms with E-state index >= 15 is 0 Å². The molecular weight excluding hydrogens is 685 g/mol. The van der Waals surface area contributed by atoms with Crippen molar-refractivity contribution in [2.24, 2.45) is 0 Å². The SMILES string of the molecule is CCCCCCCCCCCCCCCCCCCC(=O)O[C@H](COC(=O)CCCCCCCCCCC)COC(=O)CCCCCCCCCCCCC. The van der Waals surface area contributed by atoms with Crippen LogP contribution in [-0.2, 0) is 28.6 Å². The molecule has 55 heavy (non-hydrogen) atoms. The van der Waals surface area contributed by atoms with E-state index < -0.39 is 6.10 Å². The van der Waals surface area contributed by atoms with Crippen LogP contribution in [0.2, 0.25) is 0 Å². The molecule has 6 nitrogen and oxygen atoms in total. The fourth-order valence-corrected chi connectivity index (χ4v) is 7.38. The van der Waals surface area contributed by atoms with Gasteiger partial charge in [-0.2, -0.15) is 0 Å². The van der Waals surface area contributed by atoms with Crippen LogP contribution in [0.4, 0.5) is 0 Å². The van der Waals surface area contributed by atoms with E-state index in [9.17, 15) is 14.4 Å². The van der Waals surface area contributed by atoms with Crippen LogP contribution in [0.1, 0.15) is 278 Å². The normalized spacial score (nSPS) is 11.8. The summed E-state index contributed by atoms with van der Waals surface area (Å²) in [5, 5.41) is 0. The van der Waals surface area contributed by atoms with Crippen molar-refractivity contribution in [3.63, 3.8) is 0 Å². The van der Waals surface area contributed by atoms with Gasteiger partial charge in [0.15, 0.2) is 6.10 Å². The number of hydrogen-bond donors (Lipinski definition) is 0. The third kappa shape index (κ3) is 43.4. The largest absolute Gasteiger partial charge is 0.462 e. The Labute approximate surface area is 342 Å². The number of hydrogen-bond acceptors (Lipinski definition) is 6. The summed E-state index contributed by atoms with van der Waals surface area (Å²) >= 11 is 0. The first-order chi connectivity index (χ1) is 27.0. The molecule has 0 spiro atoms. The van der Waals surface area contributed by atoms with Gasteiger partial charge in [0.25, 0.3) is 0 Å². The van der Waals surface area contributed by atoms with Crippen molar-refractivity contribution in [3.05, 3.63) is 0 Å². The Kier molecular flexibility index (Phi) is 43.8. The monoisotopic (exact) mass is 779 g/mol. The van der Waals surface area contributed by atoms with Gasteiger partial charge in [-0.25, -0.2) is 0 Å². The highest BCUT2D eigenvalue weighted by Gasteiger charge is 2.19. The second-order valence-electron chi connectivity index (χ2n) is 16.7. The number of carbonyl (C=O) groups is 3. The van der Waals surface area contributed by atoms with E-state index in [-0.39, 0.29) is 31.1 Å². The first kappa shape index (κ1) is 53.4. The van der Waals surface area contributed by atoms with Crippen molar-refractivity contribution < 1.29 is 28.6 Å². The molecule has 1 atom stereocenters. The van der Waals surface area contributed by atoms with Crippen molar-refractivity contribution in [2.45, 2.75) is 284 Å². The fourth-order valence-electron chi connectivity index (χ4n) is 7.38. The van der Waals surface area contributed by atoms with Crippen LogP contribution in [0.25, 0.3) is 0 Å². The van der Waals surface area contributed by atoms with Crippen LogP contribution in [0, 0.1) is 0 Å². The van der Waals surface area contributed by atoms with Gasteiger partial charge in [0.2, 0.25) is 0 Å². The van der Waals surface area contributed by atoms with Crippen molar-refractivity contribution >= 4 is 17.9 Å². The van der Waals surface area contributed by atoms with Gasteiger partial charge in [0.05, 0.1) is 0 Å². The molecule has 6 heteroatoms. The van der Waals surface area contributed by atoms with E-state index in [1.54, 1.807) is 0 Å². The maximum Gasteiger partial charge on any atom is 0.306 e. The molecule has 0 amide bonds. The van der Waals surface area contributed by atoms with Gasteiger partial charge < -0.3 is 14.2 Å². The predicted molar refractivity (Wildman–Crippen MR) is 233 cm³/mol. The highest BCUT2D eigenvalue weighted by atomic mass is 16.6. The summed E-state index contributed by atoms with van der Waals surface area (Å²) in [6, 6.07) is 0. The molecule has 0 bridgehead atoms. The van der Waals surface area contributed by atoms with Crippen molar-refractivity contribution in [1.82, 2.24) is 0 Å². The van der Waals surface area contributed by atoms with Gasteiger partial charge in [-0.15, -0.1) is 0 Å². The molecule has 0 rings (SSSR count). The summed E-state index contributed by atoms with van der Waals surface area (Å²) in [6.07, 6.45) is 46.6. The summed E-state index contributed by atoms with van der Waals surface area (Å²) in [5.41, 5.74) is 0. The van der Waals surface area contributed by atoms with Gasteiger partial charge in [0.1, 0.15) is 13.2 Å². The average Bonchev–Trinajstić information content (AvgIpc) is 3.18. The predicted octanol–water partition coefficient (Wildman–Crippen LogP) is 15.6. The lowest BCUT2D eigenvalue weighted by Crippen LogP contribution is -2.30. The quantitative estimate of drug-likeness (QED) is 0.0348. The Morgan fingerprint density at radius 1 is 0.291 bits per heavy atom. The first-order valence-electron chi connectivity index (χ1n) is 24.5. The minimum Gasteiger partial charge on any atom is -0.462 e. The Morgan fingerprint density at radius 3 is 0.727 bits per heavy atom. The summed E-state index contributed by atoms with van der Waals surface area (Å²) in [6.45, 7) is 6.64. The standard InChI is InChI=1S/C49H94O6/c1-4-7-10-13-16-19-21-22-23-24-25-26-28-31-34-37-40-43-49(52)55-46(44-53-47(50)41-38-35-32-29-18-15-12-9-6-3)45-54-48(51)42-39-36-33-30-27-20-17-14-11-8-5-2/h46H,4-45H2,1-3H3/t46-/m1/s1. The summed E-state index contributed by atoms with van der Waals surface area (Å²) in [7, 11) is 0. The van der Waals surface area contributed by atoms with Crippen LogP contribution < -0.4 is 0 Å². The highest BCUT2D eigenvalue weighted by molar-refractivity contribution is 5.71. The number of esters is 3. The average molecular weight is 779 g/mol. The summed E-state index contributed by atoms with van der Waals surface area (Å²) < 4.78 is 16.7. The first-order valence-corrected chi connectivity index (χ1v) is 24.5. The zero-order valence-corrected chi connectivity index (χ0v) is 37.2. The third-order valence-corrected chi connectivity index (χ3v) is 11.1. The van der Waals surface area contributed by atoms with Gasteiger partial charge in [0, 0.05) is 19.3 Å². The van der Waals surface area contributed by atoms with Gasteiger partial charge in [-0.1, -0.05) is 239 Å². The zero-order chi connectivity index (χ0) is 40.1. The second kappa shape index (κ2) is 45.1. The zero-order valence-electron chi connectivity index (χ0n) is 37.2. The number of carbonyl (C=O) groups excluding carboxylic acids is 3. The molecule has 0 aliphatic carbocycles. The van der Waals surface area contributed by atoms with Crippen molar-refractivity contribution in [1.29, 1.82) is 0 Å². The van der Waals surface area contributed by atoms with E-state index in [0.29, 0.717) is 19.3 Å². The second-order valence-corrected chi connectivity index (χ2v) is 16.7. The molecule has 0 aliphatic rings. The van der Waals surface area contributed by atoms with E-state index in [1.807, 2.05) is 0 Å². The molecule has 0 N–H and O–H groups in total. The Bertz CT molecular complexity index is 813. The molecule has 0 aromatic carbocycles. The molecule has 0 radical (unpaired) electrons. The molecule has 0 saturated heterocycles. The van der Waals surface area contributed by atoms with Crippen LogP contribution in [0.5, 0.6) is 0 Å². The lowest BCUT2D eigenvalue weighted by Gasteiger charge is -2.18. The number of unbranched alkanes of at least 4 members (excludes halogenated alkanes) is 34. The smallest absolute Gasteiger partial charge is 0.306 e. The van der Waals surface area contributed by atoms with Crippen LogP contribution in [0.15, 0.2) is 0 Å². The van der Waals surface area contributed by atoms with Gasteiger partial charge in [-0.3, -0.25) is 14.4 Å². The van der Waals surface area contributed by atoms with E-state index in [0.717, 1.165) is 57.8 Å². The lowest BCUT2D eigenvalue weighted by molar-refractivity contribution is -0.167. The van der Waals surface area contributed by atoms with E-state index in [4.69, 9.17) is 14.2 Å². The van der Waals surface area contributed by atoms with Crippen LogP contribution >= 0.6 is 0 Å².